The van der Waals surface area contributed by atoms with Crippen LogP contribution in [-0.4, -0.2) is 55.7 Å². The number of rotatable bonds is 10. The fourth-order valence-corrected chi connectivity index (χ4v) is 3.77. The molecule has 2 unspecified atom stereocenters. The summed E-state index contributed by atoms with van der Waals surface area (Å²) in [6.07, 6.45) is 5.59. The fourth-order valence-electron chi connectivity index (χ4n) is 3.77. The highest BCUT2D eigenvalue weighted by Crippen LogP contribution is 2.20. The van der Waals surface area contributed by atoms with Gasteiger partial charge in [-0.25, -0.2) is 0 Å². The summed E-state index contributed by atoms with van der Waals surface area (Å²) in [6, 6.07) is 11.7. The van der Waals surface area contributed by atoms with E-state index >= 15 is 0 Å². The molecule has 0 aromatic heterocycles. The third-order valence-corrected chi connectivity index (χ3v) is 5.46. The molecule has 1 aromatic rings. The number of guanidine groups is 1. The molecule has 29 heavy (non-hydrogen) atoms. The molecule has 1 heterocycles. The Labute approximate surface area is 176 Å². The van der Waals surface area contributed by atoms with Gasteiger partial charge < -0.3 is 15.4 Å². The number of esters is 1. The van der Waals surface area contributed by atoms with Crippen LogP contribution in [0.25, 0.3) is 0 Å². The van der Waals surface area contributed by atoms with Gasteiger partial charge in [-0.3, -0.25) is 14.7 Å². The van der Waals surface area contributed by atoms with Crippen LogP contribution in [0.4, 0.5) is 0 Å². The van der Waals surface area contributed by atoms with Gasteiger partial charge >= 0.3 is 5.97 Å². The average Bonchev–Trinajstić information content (AvgIpc) is 2.73. The first kappa shape index (κ1) is 23.2. The summed E-state index contributed by atoms with van der Waals surface area (Å²) in [4.78, 5) is 18.4. The van der Waals surface area contributed by atoms with Gasteiger partial charge in [0.1, 0.15) is 0 Å². The first-order chi connectivity index (χ1) is 14.1. The molecule has 2 rings (SSSR count). The number of unbranched alkanes of at least 4 members (excludes halogenated alkanes) is 2. The molecule has 1 aliphatic heterocycles. The van der Waals surface area contributed by atoms with Crippen LogP contribution in [0, 0.1) is 0 Å². The number of piperidine rings is 1. The van der Waals surface area contributed by atoms with Crippen molar-refractivity contribution in [2.75, 3.05) is 26.7 Å². The number of hydrogen-bond donors (Lipinski definition) is 2. The summed E-state index contributed by atoms with van der Waals surface area (Å²) in [5.74, 6) is 0.783. The molecule has 1 aromatic carbocycles. The maximum absolute atomic E-state index is 11.1. The number of nitrogens with one attached hydrogen (secondary N) is 2. The van der Waals surface area contributed by atoms with Crippen molar-refractivity contribution in [2.45, 2.75) is 71.0 Å². The minimum atomic E-state index is -0.128. The van der Waals surface area contributed by atoms with Crippen LogP contribution < -0.4 is 10.6 Å². The SMILES string of the molecule is CCNC(=NCCCCCC(=O)OC)NC1CCN(Cc2ccccc2)C(C)C1. The van der Waals surface area contributed by atoms with Crippen molar-refractivity contribution >= 4 is 11.9 Å². The van der Waals surface area contributed by atoms with Gasteiger partial charge in [0.05, 0.1) is 7.11 Å². The molecule has 162 valence electrons. The molecule has 0 amide bonds. The maximum Gasteiger partial charge on any atom is 0.305 e. The van der Waals surface area contributed by atoms with Gasteiger partial charge in [0.15, 0.2) is 5.96 Å². The molecule has 2 atom stereocenters. The molecule has 0 bridgehead atoms. The van der Waals surface area contributed by atoms with Crippen LogP contribution >= 0.6 is 0 Å². The predicted molar refractivity (Wildman–Crippen MR) is 119 cm³/mol. The summed E-state index contributed by atoms with van der Waals surface area (Å²) >= 11 is 0. The Bertz CT molecular complexity index is 621. The number of aliphatic imine (C=N–C) groups is 1. The van der Waals surface area contributed by atoms with Crippen molar-refractivity contribution < 1.29 is 9.53 Å². The standard InChI is InChI=1S/C23H38N4O2/c1-4-24-23(25-15-10-6-9-13-22(28)29-3)26-21-14-16-27(19(2)17-21)18-20-11-7-5-8-12-20/h5,7-8,11-12,19,21H,4,6,9-10,13-18H2,1-3H3,(H2,24,25,26). The Kier molecular flexibility index (Phi) is 10.6. The van der Waals surface area contributed by atoms with Gasteiger partial charge in [0.2, 0.25) is 0 Å². The molecular formula is C23H38N4O2. The molecule has 0 aliphatic carbocycles. The second-order valence-corrected chi connectivity index (χ2v) is 7.82. The van der Waals surface area contributed by atoms with Gasteiger partial charge in [0, 0.05) is 44.7 Å². The Morgan fingerprint density at radius 1 is 1.24 bits per heavy atom. The van der Waals surface area contributed by atoms with E-state index in [1.54, 1.807) is 0 Å². The van der Waals surface area contributed by atoms with Crippen LogP contribution in [0.1, 0.15) is 57.9 Å². The zero-order valence-corrected chi connectivity index (χ0v) is 18.3. The highest BCUT2D eigenvalue weighted by Gasteiger charge is 2.25. The van der Waals surface area contributed by atoms with Crippen molar-refractivity contribution in [3.63, 3.8) is 0 Å². The number of ether oxygens (including phenoxy) is 1. The quantitative estimate of drug-likeness (QED) is 0.272. The lowest BCUT2D eigenvalue weighted by atomic mass is 9.97. The minimum Gasteiger partial charge on any atom is -0.469 e. The molecule has 0 spiro atoms. The Balaban J connectivity index is 1.73. The molecule has 1 aliphatic rings. The molecule has 6 heteroatoms. The number of nitrogens with zero attached hydrogens (tertiary/aromatic N) is 2. The second kappa shape index (κ2) is 13.2. The molecule has 2 N–H and O–H groups in total. The summed E-state index contributed by atoms with van der Waals surface area (Å²) < 4.78 is 4.67. The maximum atomic E-state index is 11.1. The lowest BCUT2D eigenvalue weighted by Gasteiger charge is -2.38. The normalized spacial score (nSPS) is 20.3. The monoisotopic (exact) mass is 402 g/mol. The highest BCUT2D eigenvalue weighted by atomic mass is 16.5. The predicted octanol–water partition coefficient (Wildman–Crippen LogP) is 3.33. The van der Waals surface area contributed by atoms with Crippen LogP contribution in [0.15, 0.2) is 35.3 Å². The first-order valence-electron chi connectivity index (χ1n) is 11.0. The number of carbonyl (C=O) groups excluding carboxylic acids is 1. The highest BCUT2D eigenvalue weighted by molar-refractivity contribution is 5.80. The fraction of sp³-hybridized carbons (Fsp3) is 0.652. The number of carbonyl (C=O) groups is 1. The van der Waals surface area contributed by atoms with Gasteiger partial charge in [-0.15, -0.1) is 0 Å². The zero-order chi connectivity index (χ0) is 20.9. The first-order valence-corrected chi connectivity index (χ1v) is 11.0. The topological polar surface area (TPSA) is 66.0 Å². The third-order valence-electron chi connectivity index (χ3n) is 5.46. The van der Waals surface area contributed by atoms with Gasteiger partial charge in [0.25, 0.3) is 0 Å². The van der Waals surface area contributed by atoms with Crippen LogP contribution in [0.3, 0.4) is 0 Å². The van der Waals surface area contributed by atoms with Crippen molar-refractivity contribution in [2.24, 2.45) is 4.99 Å². The Hall–Kier alpha value is -2.08. The van der Waals surface area contributed by atoms with Crippen LogP contribution in [0.2, 0.25) is 0 Å². The zero-order valence-electron chi connectivity index (χ0n) is 18.3. The molecular weight excluding hydrogens is 364 g/mol. The van der Waals surface area contributed by atoms with E-state index in [0.29, 0.717) is 18.5 Å². The molecule has 0 saturated carbocycles. The average molecular weight is 403 g/mol. The summed E-state index contributed by atoms with van der Waals surface area (Å²) in [5.41, 5.74) is 1.38. The summed E-state index contributed by atoms with van der Waals surface area (Å²) in [5, 5.41) is 6.99. The van der Waals surface area contributed by atoms with E-state index in [-0.39, 0.29) is 5.97 Å². The van der Waals surface area contributed by atoms with Gasteiger partial charge in [-0.2, -0.15) is 0 Å². The van der Waals surface area contributed by atoms with E-state index in [9.17, 15) is 4.79 Å². The second-order valence-electron chi connectivity index (χ2n) is 7.82. The largest absolute Gasteiger partial charge is 0.469 e. The minimum absolute atomic E-state index is 0.128. The van der Waals surface area contributed by atoms with Crippen molar-refractivity contribution in [1.82, 2.24) is 15.5 Å². The van der Waals surface area contributed by atoms with Gasteiger partial charge in [-0.1, -0.05) is 36.8 Å². The van der Waals surface area contributed by atoms with E-state index in [4.69, 9.17) is 4.99 Å². The smallest absolute Gasteiger partial charge is 0.305 e. The van der Waals surface area contributed by atoms with E-state index < -0.39 is 0 Å². The van der Waals surface area contributed by atoms with E-state index in [1.165, 1.54) is 12.7 Å². The van der Waals surface area contributed by atoms with Crippen molar-refractivity contribution in [3.05, 3.63) is 35.9 Å². The molecule has 1 saturated heterocycles. The van der Waals surface area contributed by atoms with Crippen molar-refractivity contribution in [1.29, 1.82) is 0 Å². The van der Waals surface area contributed by atoms with Crippen LogP contribution in [0.5, 0.6) is 0 Å². The Morgan fingerprint density at radius 2 is 2.03 bits per heavy atom. The van der Waals surface area contributed by atoms with E-state index in [1.807, 2.05) is 0 Å². The van der Waals surface area contributed by atoms with Crippen LogP contribution in [-0.2, 0) is 16.1 Å². The lowest BCUT2D eigenvalue weighted by molar-refractivity contribution is -0.140. The molecule has 6 nitrogen and oxygen atoms in total. The molecule has 0 radical (unpaired) electrons. The number of methoxy groups -OCH3 is 1. The number of hydrogen-bond acceptors (Lipinski definition) is 4. The van der Waals surface area contributed by atoms with Crippen molar-refractivity contribution in [3.8, 4) is 0 Å². The number of benzene rings is 1. The summed E-state index contributed by atoms with van der Waals surface area (Å²) in [6.45, 7) is 8.17. The van der Waals surface area contributed by atoms with E-state index in [2.05, 4.69) is 64.4 Å². The molecule has 1 fully saturated rings. The van der Waals surface area contributed by atoms with E-state index in [0.717, 1.165) is 64.2 Å². The summed E-state index contributed by atoms with van der Waals surface area (Å²) in [7, 11) is 1.44. The lowest BCUT2D eigenvalue weighted by Crippen LogP contribution is -2.51. The van der Waals surface area contributed by atoms with Gasteiger partial charge in [-0.05, 0) is 45.1 Å². The number of likely N-dealkylation sites (tertiary alicyclic amines) is 1. The Morgan fingerprint density at radius 3 is 2.72 bits per heavy atom. The third kappa shape index (κ3) is 8.86.